The van der Waals surface area contributed by atoms with E-state index in [1.807, 2.05) is 18.3 Å². The van der Waals surface area contributed by atoms with E-state index >= 15 is 0 Å². The molecule has 4 heteroatoms. The lowest BCUT2D eigenvalue weighted by Crippen LogP contribution is -2.34. The van der Waals surface area contributed by atoms with Crippen LogP contribution in [0.25, 0.3) is 0 Å². The molecule has 3 aromatic rings. The average molecular weight is 426 g/mol. The van der Waals surface area contributed by atoms with Crippen molar-refractivity contribution in [3.8, 4) is 0 Å². The molecule has 32 heavy (non-hydrogen) atoms. The molecule has 1 amide bonds. The Balaban J connectivity index is 1.18. The van der Waals surface area contributed by atoms with E-state index in [1.54, 1.807) is 6.20 Å². The Labute approximate surface area is 190 Å². The Kier molecular flexibility index (Phi) is 6.31. The van der Waals surface area contributed by atoms with Gasteiger partial charge in [0.05, 0.1) is 0 Å². The summed E-state index contributed by atoms with van der Waals surface area (Å²) in [5.41, 5.74) is 3.89. The lowest BCUT2D eigenvalue weighted by Gasteiger charge is -2.26. The summed E-state index contributed by atoms with van der Waals surface area (Å²) in [6.45, 7) is 5.04. The Morgan fingerprint density at radius 1 is 0.844 bits per heavy atom. The fourth-order valence-electron chi connectivity index (χ4n) is 5.43. The number of carbonyl (C=O) groups excluding carboxylic acids is 1. The molecule has 2 aromatic carbocycles. The number of nitrogens with zero attached hydrogens (tertiary/aromatic N) is 3. The van der Waals surface area contributed by atoms with Crippen LogP contribution in [0.5, 0.6) is 0 Å². The monoisotopic (exact) mass is 425 g/mol. The maximum atomic E-state index is 12.8. The molecule has 2 saturated heterocycles. The van der Waals surface area contributed by atoms with Gasteiger partial charge in [0.2, 0.25) is 5.91 Å². The fraction of sp³-hybridized carbons (Fsp3) is 0.357. The first-order valence-electron chi connectivity index (χ1n) is 11.7. The van der Waals surface area contributed by atoms with E-state index < -0.39 is 0 Å². The number of likely N-dealkylation sites (tertiary alicyclic amines) is 2. The van der Waals surface area contributed by atoms with Crippen molar-refractivity contribution in [2.75, 3.05) is 32.7 Å². The van der Waals surface area contributed by atoms with Crippen LogP contribution in [-0.4, -0.2) is 53.4 Å². The Bertz CT molecular complexity index is 955. The van der Waals surface area contributed by atoms with Crippen LogP contribution in [0.15, 0.2) is 85.2 Å². The van der Waals surface area contributed by atoms with Crippen molar-refractivity contribution < 1.29 is 4.79 Å². The molecule has 0 unspecified atom stereocenters. The minimum absolute atomic E-state index is 0.293. The van der Waals surface area contributed by atoms with Gasteiger partial charge < -0.3 is 9.80 Å². The maximum absolute atomic E-state index is 12.8. The predicted molar refractivity (Wildman–Crippen MR) is 127 cm³/mol. The summed E-state index contributed by atoms with van der Waals surface area (Å²) in [7, 11) is 0. The number of aryl methyl sites for hydroxylation is 1. The zero-order valence-corrected chi connectivity index (χ0v) is 18.5. The summed E-state index contributed by atoms with van der Waals surface area (Å²) >= 11 is 0. The van der Waals surface area contributed by atoms with Gasteiger partial charge in [-0.3, -0.25) is 9.78 Å². The van der Waals surface area contributed by atoms with Gasteiger partial charge in [-0.05, 0) is 41.0 Å². The first kappa shape index (κ1) is 20.9. The van der Waals surface area contributed by atoms with Gasteiger partial charge in [0.15, 0.2) is 0 Å². The van der Waals surface area contributed by atoms with Crippen molar-refractivity contribution >= 4 is 5.91 Å². The van der Waals surface area contributed by atoms with Crippen molar-refractivity contribution in [1.82, 2.24) is 14.8 Å². The van der Waals surface area contributed by atoms with Crippen molar-refractivity contribution in [2.45, 2.75) is 18.8 Å². The molecule has 3 heterocycles. The second-order valence-corrected chi connectivity index (χ2v) is 9.27. The Hall–Kier alpha value is -2.98. The molecule has 1 aromatic heterocycles. The van der Waals surface area contributed by atoms with Crippen LogP contribution >= 0.6 is 0 Å². The molecule has 2 aliphatic rings. The zero-order valence-electron chi connectivity index (χ0n) is 18.5. The van der Waals surface area contributed by atoms with Gasteiger partial charge in [0.1, 0.15) is 0 Å². The van der Waals surface area contributed by atoms with Crippen LogP contribution in [0.4, 0.5) is 0 Å². The van der Waals surface area contributed by atoms with Gasteiger partial charge in [0.25, 0.3) is 0 Å². The van der Waals surface area contributed by atoms with E-state index in [9.17, 15) is 4.79 Å². The van der Waals surface area contributed by atoms with Gasteiger partial charge in [-0.15, -0.1) is 0 Å². The van der Waals surface area contributed by atoms with E-state index in [0.717, 1.165) is 44.7 Å². The number of fused-ring (bicyclic) bond motifs is 1. The highest BCUT2D eigenvalue weighted by atomic mass is 16.2. The number of carbonyl (C=O) groups is 1. The molecule has 2 fully saturated rings. The number of rotatable bonds is 7. The van der Waals surface area contributed by atoms with E-state index in [-0.39, 0.29) is 0 Å². The van der Waals surface area contributed by atoms with Crippen LogP contribution in [0, 0.1) is 11.8 Å². The number of amides is 1. The maximum Gasteiger partial charge on any atom is 0.222 e. The van der Waals surface area contributed by atoms with Gasteiger partial charge in [-0.1, -0.05) is 66.7 Å². The summed E-state index contributed by atoms with van der Waals surface area (Å²) in [5, 5.41) is 0. The highest BCUT2D eigenvalue weighted by molar-refractivity contribution is 5.76. The largest absolute Gasteiger partial charge is 0.342 e. The van der Waals surface area contributed by atoms with Gasteiger partial charge >= 0.3 is 0 Å². The first-order valence-corrected chi connectivity index (χ1v) is 11.7. The zero-order chi connectivity index (χ0) is 21.8. The van der Waals surface area contributed by atoms with Crippen LogP contribution in [0.2, 0.25) is 0 Å². The molecule has 0 N–H and O–H groups in total. The second-order valence-electron chi connectivity index (χ2n) is 9.27. The Morgan fingerprint density at radius 2 is 1.47 bits per heavy atom. The predicted octanol–water partition coefficient (Wildman–Crippen LogP) is 4.24. The summed E-state index contributed by atoms with van der Waals surface area (Å²) in [6, 6.07) is 25.7. The van der Waals surface area contributed by atoms with Crippen LogP contribution < -0.4 is 0 Å². The molecule has 0 spiro atoms. The SMILES string of the molecule is O=C(CCc1cccnc1)N1C[C@H]2CN(CC(c3ccccc3)c3ccccc3)C[C@H]2C1. The van der Waals surface area contributed by atoms with E-state index in [0.29, 0.717) is 30.1 Å². The van der Waals surface area contributed by atoms with Crippen LogP contribution in [-0.2, 0) is 11.2 Å². The van der Waals surface area contributed by atoms with Gasteiger partial charge in [-0.2, -0.15) is 0 Å². The lowest BCUT2D eigenvalue weighted by atomic mass is 9.91. The van der Waals surface area contributed by atoms with Crippen LogP contribution in [0.1, 0.15) is 29.0 Å². The molecular formula is C28H31N3O. The molecular weight excluding hydrogens is 394 g/mol. The van der Waals surface area contributed by atoms with Crippen molar-refractivity contribution in [3.63, 3.8) is 0 Å². The number of benzene rings is 2. The molecule has 2 atom stereocenters. The third-order valence-corrected chi connectivity index (χ3v) is 7.11. The first-order chi connectivity index (χ1) is 15.8. The molecule has 0 bridgehead atoms. The number of hydrogen-bond acceptors (Lipinski definition) is 3. The third kappa shape index (κ3) is 4.76. The summed E-state index contributed by atoms with van der Waals surface area (Å²) in [6.07, 6.45) is 5.00. The summed E-state index contributed by atoms with van der Waals surface area (Å²) in [4.78, 5) is 21.7. The molecule has 5 rings (SSSR count). The van der Waals surface area contributed by atoms with Crippen molar-refractivity contribution in [3.05, 3.63) is 102 Å². The van der Waals surface area contributed by atoms with E-state index in [1.165, 1.54) is 11.1 Å². The smallest absolute Gasteiger partial charge is 0.222 e. The minimum Gasteiger partial charge on any atom is -0.342 e. The van der Waals surface area contributed by atoms with Crippen LogP contribution in [0.3, 0.4) is 0 Å². The normalized spacial score (nSPS) is 20.6. The standard InChI is InChI=1S/C28H31N3O/c32-28(14-13-22-8-7-15-29-16-22)31-19-25-17-30(18-26(25)20-31)21-27(23-9-3-1-4-10-23)24-11-5-2-6-12-24/h1-12,15-16,25-27H,13-14,17-21H2/t25-,26+. The number of aromatic nitrogens is 1. The summed E-state index contributed by atoms with van der Waals surface area (Å²) in [5.74, 6) is 1.88. The lowest BCUT2D eigenvalue weighted by molar-refractivity contribution is -0.130. The molecule has 4 nitrogen and oxygen atoms in total. The Morgan fingerprint density at radius 3 is 2.03 bits per heavy atom. The highest BCUT2D eigenvalue weighted by Crippen LogP contribution is 2.34. The number of pyridine rings is 1. The fourth-order valence-corrected chi connectivity index (χ4v) is 5.43. The van der Waals surface area contributed by atoms with E-state index in [2.05, 4.69) is 75.4 Å². The topological polar surface area (TPSA) is 36.4 Å². The van der Waals surface area contributed by atoms with Crippen molar-refractivity contribution in [2.24, 2.45) is 11.8 Å². The average Bonchev–Trinajstić information content (AvgIpc) is 3.42. The quantitative estimate of drug-likeness (QED) is 0.568. The minimum atomic E-state index is 0.293. The summed E-state index contributed by atoms with van der Waals surface area (Å²) < 4.78 is 0. The van der Waals surface area contributed by atoms with Gasteiger partial charge in [0, 0.05) is 57.5 Å². The second kappa shape index (κ2) is 9.66. The molecule has 0 aliphatic carbocycles. The van der Waals surface area contributed by atoms with Gasteiger partial charge in [-0.25, -0.2) is 0 Å². The third-order valence-electron chi connectivity index (χ3n) is 7.11. The molecule has 2 aliphatic heterocycles. The molecule has 0 radical (unpaired) electrons. The van der Waals surface area contributed by atoms with Crippen molar-refractivity contribution in [1.29, 1.82) is 0 Å². The van der Waals surface area contributed by atoms with E-state index in [4.69, 9.17) is 0 Å². The molecule has 164 valence electrons. The number of hydrogen-bond donors (Lipinski definition) is 0. The highest BCUT2D eigenvalue weighted by Gasteiger charge is 2.41. The molecule has 0 saturated carbocycles.